The first kappa shape index (κ1) is 12.2. The summed E-state index contributed by atoms with van der Waals surface area (Å²) in [6, 6.07) is 4.72. The Balaban J connectivity index is 1.51. The molecule has 18 heavy (non-hydrogen) atoms. The van der Waals surface area contributed by atoms with E-state index in [4.69, 9.17) is 0 Å². The van der Waals surface area contributed by atoms with Crippen LogP contribution in [0.25, 0.3) is 0 Å². The third-order valence-electron chi connectivity index (χ3n) is 4.20. The Morgan fingerprint density at radius 2 is 2.33 bits per heavy atom. The molecule has 0 aromatic carbocycles. The minimum absolute atomic E-state index is 0.0399. The standard InChI is InChI=1S/C14H20N2OS/c17-14(15-9-11-5-3-7-18-11)13-8-10-4-1-2-6-12(10)16-13/h3,5,7,10,12-13,16H,1-2,4,6,8-9H2,(H,15,17). The molecule has 3 atom stereocenters. The van der Waals surface area contributed by atoms with Crippen LogP contribution in [-0.4, -0.2) is 18.0 Å². The van der Waals surface area contributed by atoms with Crippen LogP contribution >= 0.6 is 11.3 Å². The smallest absolute Gasteiger partial charge is 0.237 e. The van der Waals surface area contributed by atoms with E-state index in [0.717, 1.165) is 12.3 Å². The molecule has 2 fully saturated rings. The minimum atomic E-state index is 0.0399. The van der Waals surface area contributed by atoms with Gasteiger partial charge in [-0.3, -0.25) is 4.79 Å². The largest absolute Gasteiger partial charge is 0.350 e. The van der Waals surface area contributed by atoms with Gasteiger partial charge in [-0.15, -0.1) is 11.3 Å². The van der Waals surface area contributed by atoms with E-state index in [1.54, 1.807) is 11.3 Å². The first-order chi connectivity index (χ1) is 8.83. The zero-order valence-corrected chi connectivity index (χ0v) is 11.3. The molecule has 0 radical (unpaired) electrons. The number of hydrogen-bond donors (Lipinski definition) is 2. The fraction of sp³-hybridized carbons (Fsp3) is 0.643. The summed E-state index contributed by atoms with van der Waals surface area (Å²) in [5, 5.41) is 8.61. The van der Waals surface area contributed by atoms with Crippen molar-refractivity contribution in [1.82, 2.24) is 10.6 Å². The van der Waals surface area contributed by atoms with Crippen LogP contribution in [0, 0.1) is 5.92 Å². The first-order valence-electron chi connectivity index (χ1n) is 6.89. The third kappa shape index (κ3) is 2.59. The van der Waals surface area contributed by atoms with Crippen molar-refractivity contribution < 1.29 is 4.79 Å². The average molecular weight is 264 g/mol. The van der Waals surface area contributed by atoms with Crippen LogP contribution in [0.5, 0.6) is 0 Å². The highest BCUT2D eigenvalue weighted by Gasteiger charge is 2.37. The predicted octanol–water partition coefficient (Wildman–Crippen LogP) is 2.28. The molecule has 4 heteroatoms. The van der Waals surface area contributed by atoms with Gasteiger partial charge in [-0.25, -0.2) is 0 Å². The van der Waals surface area contributed by atoms with Gasteiger partial charge in [0.25, 0.3) is 0 Å². The third-order valence-corrected chi connectivity index (χ3v) is 5.07. The summed E-state index contributed by atoms with van der Waals surface area (Å²) in [5.74, 6) is 0.911. The maximum atomic E-state index is 12.1. The molecule has 0 bridgehead atoms. The number of rotatable bonds is 3. The predicted molar refractivity (Wildman–Crippen MR) is 73.5 cm³/mol. The first-order valence-corrected chi connectivity index (χ1v) is 7.77. The van der Waals surface area contributed by atoms with Crippen LogP contribution in [-0.2, 0) is 11.3 Å². The number of amides is 1. The van der Waals surface area contributed by atoms with Crippen molar-refractivity contribution in [2.45, 2.75) is 50.7 Å². The molecular formula is C14H20N2OS. The molecule has 1 aliphatic carbocycles. The van der Waals surface area contributed by atoms with Crippen LogP contribution in [0.2, 0.25) is 0 Å². The summed E-state index contributed by atoms with van der Waals surface area (Å²) < 4.78 is 0. The summed E-state index contributed by atoms with van der Waals surface area (Å²) in [5.41, 5.74) is 0. The second-order valence-corrected chi connectivity index (χ2v) is 6.44. The van der Waals surface area contributed by atoms with Crippen molar-refractivity contribution in [2.75, 3.05) is 0 Å². The van der Waals surface area contributed by atoms with Crippen molar-refractivity contribution >= 4 is 17.2 Å². The van der Waals surface area contributed by atoms with Crippen molar-refractivity contribution in [1.29, 1.82) is 0 Å². The average Bonchev–Trinajstić information content (AvgIpc) is 3.04. The van der Waals surface area contributed by atoms with Crippen molar-refractivity contribution in [3.63, 3.8) is 0 Å². The van der Waals surface area contributed by atoms with Gasteiger partial charge >= 0.3 is 0 Å². The molecule has 3 rings (SSSR count). The fourth-order valence-corrected chi connectivity index (χ4v) is 3.88. The van der Waals surface area contributed by atoms with E-state index in [1.165, 1.54) is 30.6 Å². The van der Waals surface area contributed by atoms with E-state index in [9.17, 15) is 4.79 Å². The molecular weight excluding hydrogens is 244 g/mol. The lowest BCUT2D eigenvalue weighted by atomic mass is 9.85. The highest BCUT2D eigenvalue weighted by Crippen LogP contribution is 2.33. The Bertz CT molecular complexity index is 390. The van der Waals surface area contributed by atoms with Gasteiger partial charge in [0.15, 0.2) is 0 Å². The van der Waals surface area contributed by atoms with Gasteiger partial charge in [-0.2, -0.15) is 0 Å². The SMILES string of the molecule is O=C(NCc1cccs1)C1CC2CCCCC2N1. The van der Waals surface area contributed by atoms with Gasteiger partial charge in [-0.05, 0) is 36.6 Å². The Morgan fingerprint density at radius 3 is 3.11 bits per heavy atom. The number of carbonyl (C=O) groups is 1. The van der Waals surface area contributed by atoms with Crippen molar-refractivity contribution in [3.8, 4) is 0 Å². The fourth-order valence-electron chi connectivity index (χ4n) is 3.23. The molecule has 1 saturated carbocycles. The van der Waals surface area contributed by atoms with Gasteiger partial charge in [0, 0.05) is 10.9 Å². The molecule has 1 saturated heterocycles. The summed E-state index contributed by atoms with van der Waals surface area (Å²) >= 11 is 1.69. The zero-order valence-electron chi connectivity index (χ0n) is 10.5. The number of carbonyl (C=O) groups excluding carboxylic acids is 1. The number of thiophene rings is 1. The molecule has 3 nitrogen and oxygen atoms in total. The Hall–Kier alpha value is -0.870. The van der Waals surface area contributed by atoms with Crippen LogP contribution < -0.4 is 10.6 Å². The van der Waals surface area contributed by atoms with Crippen LogP contribution in [0.3, 0.4) is 0 Å². The van der Waals surface area contributed by atoms with Gasteiger partial charge in [0.05, 0.1) is 12.6 Å². The summed E-state index contributed by atoms with van der Waals surface area (Å²) in [6.45, 7) is 0.671. The van der Waals surface area contributed by atoms with Gasteiger partial charge in [0.1, 0.15) is 0 Å². The molecule has 2 aliphatic rings. The highest BCUT2D eigenvalue weighted by molar-refractivity contribution is 7.09. The maximum absolute atomic E-state index is 12.1. The molecule has 3 unspecified atom stereocenters. The molecule has 1 amide bonds. The molecule has 1 aliphatic heterocycles. The molecule has 2 heterocycles. The Kier molecular flexibility index (Phi) is 3.66. The topological polar surface area (TPSA) is 41.1 Å². The van der Waals surface area contributed by atoms with E-state index in [-0.39, 0.29) is 11.9 Å². The lowest BCUT2D eigenvalue weighted by Crippen LogP contribution is -2.42. The minimum Gasteiger partial charge on any atom is -0.350 e. The monoisotopic (exact) mass is 264 g/mol. The lowest BCUT2D eigenvalue weighted by molar-refractivity contribution is -0.123. The Labute approximate surface area is 112 Å². The number of fused-ring (bicyclic) bond motifs is 1. The van der Waals surface area contributed by atoms with E-state index in [1.807, 2.05) is 11.4 Å². The summed E-state index contributed by atoms with van der Waals surface area (Å²) in [6.07, 6.45) is 6.23. The number of nitrogens with one attached hydrogen (secondary N) is 2. The lowest BCUT2D eigenvalue weighted by Gasteiger charge is -2.24. The van der Waals surface area contributed by atoms with Gasteiger partial charge in [0.2, 0.25) is 5.91 Å². The van der Waals surface area contributed by atoms with Crippen molar-refractivity contribution in [2.24, 2.45) is 5.92 Å². The van der Waals surface area contributed by atoms with Crippen molar-refractivity contribution in [3.05, 3.63) is 22.4 Å². The second kappa shape index (κ2) is 5.41. The molecule has 1 aromatic heterocycles. The van der Waals surface area contributed by atoms with Gasteiger partial charge < -0.3 is 10.6 Å². The number of hydrogen-bond acceptors (Lipinski definition) is 3. The summed E-state index contributed by atoms with van der Waals surface area (Å²) in [4.78, 5) is 13.3. The molecule has 2 N–H and O–H groups in total. The molecule has 1 aromatic rings. The van der Waals surface area contributed by atoms with E-state index >= 15 is 0 Å². The van der Waals surface area contributed by atoms with Crippen LogP contribution in [0.15, 0.2) is 17.5 Å². The quantitative estimate of drug-likeness (QED) is 0.879. The van der Waals surface area contributed by atoms with E-state index in [2.05, 4.69) is 16.7 Å². The zero-order chi connectivity index (χ0) is 12.4. The van der Waals surface area contributed by atoms with E-state index in [0.29, 0.717) is 12.6 Å². The Morgan fingerprint density at radius 1 is 1.44 bits per heavy atom. The van der Waals surface area contributed by atoms with E-state index < -0.39 is 0 Å². The summed E-state index contributed by atoms with van der Waals surface area (Å²) in [7, 11) is 0. The second-order valence-electron chi connectivity index (χ2n) is 5.40. The normalized spacial score (nSPS) is 31.0. The highest BCUT2D eigenvalue weighted by atomic mass is 32.1. The molecule has 0 spiro atoms. The molecule has 98 valence electrons. The van der Waals surface area contributed by atoms with Crippen LogP contribution in [0.4, 0.5) is 0 Å². The van der Waals surface area contributed by atoms with Gasteiger partial charge in [-0.1, -0.05) is 18.9 Å². The maximum Gasteiger partial charge on any atom is 0.237 e. The van der Waals surface area contributed by atoms with Crippen LogP contribution in [0.1, 0.15) is 37.0 Å².